The lowest BCUT2D eigenvalue weighted by molar-refractivity contribution is 0.110. The predicted molar refractivity (Wildman–Crippen MR) is 58.8 cm³/mol. The lowest BCUT2D eigenvalue weighted by Crippen LogP contribution is -2.27. The van der Waals surface area contributed by atoms with Crippen LogP contribution in [0.25, 0.3) is 0 Å². The highest BCUT2D eigenvalue weighted by atomic mass is 16.3. The zero-order valence-electron chi connectivity index (χ0n) is 8.64. The summed E-state index contributed by atoms with van der Waals surface area (Å²) in [5.41, 5.74) is 0.400. The Balaban J connectivity index is 2.21. The van der Waals surface area contributed by atoms with Crippen LogP contribution in [0.1, 0.15) is 13.8 Å². The van der Waals surface area contributed by atoms with Gasteiger partial charge in [-0.2, -0.15) is 0 Å². The van der Waals surface area contributed by atoms with E-state index < -0.39 is 5.60 Å². The third-order valence-corrected chi connectivity index (χ3v) is 2.85. The summed E-state index contributed by atoms with van der Waals surface area (Å²) in [6.45, 7) is 3.70. The lowest BCUT2D eigenvalue weighted by Gasteiger charge is -2.27. The Morgan fingerprint density at radius 1 is 1.07 bits per heavy atom. The number of rotatable bonds is 2. The van der Waals surface area contributed by atoms with Crippen molar-refractivity contribution in [2.75, 3.05) is 0 Å². The summed E-state index contributed by atoms with van der Waals surface area (Å²) in [7, 11) is 0. The Morgan fingerprint density at radius 2 is 1.71 bits per heavy atom. The molecule has 1 heteroatoms. The Kier molecular flexibility index (Phi) is 2.20. The van der Waals surface area contributed by atoms with Gasteiger partial charge in [0.2, 0.25) is 0 Å². The van der Waals surface area contributed by atoms with Gasteiger partial charge in [0.15, 0.2) is 0 Å². The van der Waals surface area contributed by atoms with E-state index >= 15 is 0 Å². The molecule has 0 aromatic heterocycles. The quantitative estimate of drug-likeness (QED) is 0.706. The third-order valence-electron chi connectivity index (χ3n) is 2.85. The topological polar surface area (TPSA) is 20.2 Å². The van der Waals surface area contributed by atoms with Crippen LogP contribution in [-0.2, 0) is 0 Å². The molecule has 1 nitrogen and oxygen atoms in total. The van der Waals surface area contributed by atoms with E-state index in [1.165, 1.54) is 0 Å². The Morgan fingerprint density at radius 3 is 2.29 bits per heavy atom. The highest BCUT2D eigenvalue weighted by Crippen LogP contribution is 2.36. The van der Waals surface area contributed by atoms with E-state index in [1.54, 1.807) is 0 Å². The maximum atomic E-state index is 9.99. The predicted octanol–water partition coefficient (Wildman–Crippen LogP) is 2.61. The van der Waals surface area contributed by atoms with Crippen LogP contribution in [0.3, 0.4) is 0 Å². The van der Waals surface area contributed by atoms with Crippen molar-refractivity contribution in [3.63, 3.8) is 0 Å². The molecule has 0 heterocycles. The molecule has 0 aromatic carbocycles. The van der Waals surface area contributed by atoms with Crippen molar-refractivity contribution in [2.24, 2.45) is 11.8 Å². The monoisotopic (exact) mass is 188 g/mol. The summed E-state index contributed by atoms with van der Waals surface area (Å²) in [6, 6.07) is 0. The average molecular weight is 188 g/mol. The molecule has 2 rings (SSSR count). The van der Waals surface area contributed by atoms with Gasteiger partial charge in [-0.05, 0) is 19.4 Å². The minimum atomic E-state index is -0.710. The molecular formula is C13H16O. The molecule has 0 bridgehead atoms. The Hall–Kier alpha value is -1.08. The first-order chi connectivity index (χ1) is 6.59. The molecule has 0 radical (unpaired) electrons. The van der Waals surface area contributed by atoms with Crippen molar-refractivity contribution < 1.29 is 5.11 Å². The van der Waals surface area contributed by atoms with Gasteiger partial charge in [-0.3, -0.25) is 0 Å². The Bertz CT molecular complexity index is 325. The number of hydrogen-bond donors (Lipinski definition) is 1. The molecule has 1 N–H and O–H groups in total. The molecule has 74 valence electrons. The second-order valence-corrected chi connectivity index (χ2v) is 4.44. The van der Waals surface area contributed by atoms with Gasteiger partial charge in [0.05, 0.1) is 5.60 Å². The number of hydrogen-bond acceptors (Lipinski definition) is 1. The van der Waals surface area contributed by atoms with Crippen LogP contribution in [0.5, 0.6) is 0 Å². The van der Waals surface area contributed by atoms with Crippen LogP contribution >= 0.6 is 0 Å². The lowest BCUT2D eigenvalue weighted by atomic mass is 9.81. The molecular weight excluding hydrogens is 172 g/mol. The molecule has 0 saturated carbocycles. The van der Waals surface area contributed by atoms with Crippen molar-refractivity contribution in [3.8, 4) is 0 Å². The fraction of sp³-hybridized carbons (Fsp3) is 0.385. The molecule has 0 aromatic rings. The van der Waals surface area contributed by atoms with Gasteiger partial charge < -0.3 is 5.11 Å². The summed E-state index contributed by atoms with van der Waals surface area (Å²) in [4.78, 5) is 0. The molecule has 2 aliphatic carbocycles. The fourth-order valence-corrected chi connectivity index (χ4v) is 2.13. The fourth-order valence-electron chi connectivity index (χ4n) is 2.13. The van der Waals surface area contributed by atoms with Gasteiger partial charge in [0.25, 0.3) is 0 Å². The van der Waals surface area contributed by atoms with E-state index in [-0.39, 0.29) is 0 Å². The van der Waals surface area contributed by atoms with Crippen LogP contribution in [-0.4, -0.2) is 10.7 Å². The second-order valence-electron chi connectivity index (χ2n) is 4.44. The highest BCUT2D eigenvalue weighted by molar-refractivity contribution is 5.37. The maximum Gasteiger partial charge on any atom is 0.0809 e. The van der Waals surface area contributed by atoms with Gasteiger partial charge in [0.1, 0.15) is 0 Å². The molecule has 0 spiro atoms. The van der Waals surface area contributed by atoms with Gasteiger partial charge in [0, 0.05) is 11.8 Å². The van der Waals surface area contributed by atoms with E-state index in [0.717, 1.165) is 5.57 Å². The Labute approximate surface area is 85.1 Å². The maximum absolute atomic E-state index is 9.99. The standard InChI is InChI=1S/C13H16O/c1-13(2,14)12-9-5-8-11(12)10-6-3-4-7-10/h3-11,14H,1-2H3. The minimum absolute atomic E-state index is 0.338. The summed E-state index contributed by atoms with van der Waals surface area (Å²) >= 11 is 0. The normalized spacial score (nSPS) is 26.2. The zero-order valence-corrected chi connectivity index (χ0v) is 8.64. The van der Waals surface area contributed by atoms with Crippen molar-refractivity contribution in [2.45, 2.75) is 19.4 Å². The van der Waals surface area contributed by atoms with Crippen LogP contribution < -0.4 is 0 Å². The van der Waals surface area contributed by atoms with Gasteiger partial charge in [-0.15, -0.1) is 0 Å². The summed E-state index contributed by atoms with van der Waals surface area (Å²) in [6.07, 6.45) is 14.7. The minimum Gasteiger partial charge on any atom is -0.386 e. The molecule has 14 heavy (non-hydrogen) atoms. The number of aliphatic hydroxyl groups is 1. The van der Waals surface area contributed by atoms with E-state index in [2.05, 4.69) is 30.4 Å². The SMILES string of the molecule is CC(C)(O)C1=CC=CC1C1C=CC=C1. The molecule has 1 atom stereocenters. The molecule has 0 fully saturated rings. The summed E-state index contributed by atoms with van der Waals surface area (Å²) in [5, 5.41) is 9.99. The third kappa shape index (κ3) is 1.60. The molecule has 1 unspecified atom stereocenters. The highest BCUT2D eigenvalue weighted by Gasteiger charge is 2.31. The van der Waals surface area contributed by atoms with Crippen LogP contribution in [0.2, 0.25) is 0 Å². The summed E-state index contributed by atoms with van der Waals surface area (Å²) < 4.78 is 0. The van der Waals surface area contributed by atoms with E-state index in [4.69, 9.17) is 0 Å². The molecule has 0 amide bonds. The molecule has 2 aliphatic rings. The first-order valence-electron chi connectivity index (χ1n) is 5.05. The van der Waals surface area contributed by atoms with Gasteiger partial charge in [-0.25, -0.2) is 0 Å². The van der Waals surface area contributed by atoms with E-state index in [0.29, 0.717) is 11.8 Å². The van der Waals surface area contributed by atoms with Gasteiger partial charge in [-0.1, -0.05) is 42.5 Å². The van der Waals surface area contributed by atoms with Crippen LogP contribution in [0, 0.1) is 11.8 Å². The van der Waals surface area contributed by atoms with E-state index in [9.17, 15) is 5.11 Å². The second kappa shape index (κ2) is 3.25. The number of allylic oxidation sites excluding steroid dienone is 7. The van der Waals surface area contributed by atoms with Crippen molar-refractivity contribution in [1.82, 2.24) is 0 Å². The van der Waals surface area contributed by atoms with Crippen molar-refractivity contribution >= 4 is 0 Å². The van der Waals surface area contributed by atoms with Crippen LogP contribution in [0.15, 0.2) is 48.1 Å². The van der Waals surface area contributed by atoms with Crippen molar-refractivity contribution in [3.05, 3.63) is 48.1 Å². The first kappa shape index (κ1) is 9.47. The first-order valence-corrected chi connectivity index (χ1v) is 5.05. The largest absolute Gasteiger partial charge is 0.386 e. The molecule has 0 aliphatic heterocycles. The zero-order chi connectivity index (χ0) is 10.2. The molecule has 0 saturated heterocycles. The van der Waals surface area contributed by atoms with Gasteiger partial charge >= 0.3 is 0 Å². The smallest absolute Gasteiger partial charge is 0.0809 e. The van der Waals surface area contributed by atoms with Crippen LogP contribution in [0.4, 0.5) is 0 Å². The van der Waals surface area contributed by atoms with Crippen molar-refractivity contribution in [1.29, 1.82) is 0 Å². The average Bonchev–Trinajstić information content (AvgIpc) is 2.73. The van der Waals surface area contributed by atoms with E-state index in [1.807, 2.05) is 26.0 Å². The summed E-state index contributed by atoms with van der Waals surface area (Å²) in [5.74, 6) is 0.761.